The van der Waals surface area contributed by atoms with E-state index in [1.165, 1.54) is 26.3 Å². The number of ether oxygens (including phenoxy) is 3. The van der Waals surface area contributed by atoms with E-state index < -0.39 is 5.97 Å². The molecule has 5 rings (SSSR count). The Kier molecular flexibility index (Phi) is 6.37. The SMILES string of the molecule is COc1cc(C=Nn2c(-c3cc4c(OC)cccc4o3)nc3ccccc3c2=O)cc(Cl)c1OC(C)=O. The number of benzene rings is 3. The maximum atomic E-state index is 13.5. The Morgan fingerprint density at radius 2 is 1.81 bits per heavy atom. The number of hydrogen-bond acceptors (Lipinski definition) is 8. The molecule has 3 aromatic carbocycles. The van der Waals surface area contributed by atoms with Crippen molar-refractivity contribution in [3.63, 3.8) is 0 Å². The van der Waals surface area contributed by atoms with Gasteiger partial charge in [0.25, 0.3) is 5.56 Å². The van der Waals surface area contributed by atoms with Gasteiger partial charge in [0.2, 0.25) is 5.82 Å². The number of carbonyl (C=O) groups is 1. The molecule has 0 saturated carbocycles. The molecule has 0 aliphatic rings. The van der Waals surface area contributed by atoms with Crippen LogP contribution in [0.25, 0.3) is 33.5 Å². The summed E-state index contributed by atoms with van der Waals surface area (Å²) < 4.78 is 23.1. The van der Waals surface area contributed by atoms with E-state index in [1.54, 1.807) is 49.6 Å². The zero-order valence-corrected chi connectivity index (χ0v) is 20.8. The van der Waals surface area contributed by atoms with Gasteiger partial charge in [-0.05, 0) is 48.0 Å². The molecule has 2 heterocycles. The molecule has 0 atom stereocenters. The minimum atomic E-state index is -0.539. The Bertz CT molecular complexity index is 1760. The summed E-state index contributed by atoms with van der Waals surface area (Å²) in [6, 6.07) is 17.3. The summed E-state index contributed by atoms with van der Waals surface area (Å²) in [4.78, 5) is 29.6. The van der Waals surface area contributed by atoms with Crippen molar-refractivity contribution in [1.29, 1.82) is 0 Å². The van der Waals surface area contributed by atoms with Gasteiger partial charge in [0.05, 0.1) is 41.7 Å². The molecule has 0 aliphatic carbocycles. The molecule has 0 amide bonds. The number of rotatable bonds is 6. The van der Waals surface area contributed by atoms with Gasteiger partial charge in [-0.3, -0.25) is 9.59 Å². The van der Waals surface area contributed by atoms with Crippen LogP contribution in [0.3, 0.4) is 0 Å². The number of fused-ring (bicyclic) bond motifs is 2. The molecule has 186 valence electrons. The molecule has 5 aromatic rings. The lowest BCUT2D eigenvalue weighted by Gasteiger charge is -2.11. The summed E-state index contributed by atoms with van der Waals surface area (Å²) in [5.74, 6) is 0.948. The van der Waals surface area contributed by atoms with Crippen LogP contribution in [-0.4, -0.2) is 36.1 Å². The summed E-state index contributed by atoms with van der Waals surface area (Å²) >= 11 is 6.32. The smallest absolute Gasteiger partial charge is 0.308 e. The number of halogens is 1. The summed E-state index contributed by atoms with van der Waals surface area (Å²) in [6.07, 6.45) is 1.43. The van der Waals surface area contributed by atoms with Gasteiger partial charge in [0.15, 0.2) is 17.3 Å². The minimum absolute atomic E-state index is 0.0928. The average molecular weight is 518 g/mol. The Morgan fingerprint density at radius 1 is 1.03 bits per heavy atom. The Labute approximate surface area is 215 Å². The van der Waals surface area contributed by atoms with Crippen molar-refractivity contribution < 1.29 is 23.4 Å². The van der Waals surface area contributed by atoms with Crippen molar-refractivity contribution in [2.75, 3.05) is 14.2 Å². The fraction of sp³-hybridized carbons (Fsp3) is 0.111. The number of hydrogen-bond donors (Lipinski definition) is 0. The normalized spacial score (nSPS) is 11.4. The van der Waals surface area contributed by atoms with Gasteiger partial charge in [-0.15, -0.1) is 0 Å². The molecule has 0 saturated heterocycles. The highest BCUT2D eigenvalue weighted by atomic mass is 35.5. The van der Waals surface area contributed by atoms with Crippen LogP contribution in [-0.2, 0) is 4.79 Å². The van der Waals surface area contributed by atoms with E-state index in [-0.39, 0.29) is 27.9 Å². The molecular formula is C27H20ClN3O6. The van der Waals surface area contributed by atoms with Crippen LogP contribution >= 0.6 is 11.6 Å². The topological polar surface area (TPSA) is 105 Å². The molecule has 0 N–H and O–H groups in total. The van der Waals surface area contributed by atoms with Crippen LogP contribution in [0.4, 0.5) is 0 Å². The Balaban J connectivity index is 1.68. The van der Waals surface area contributed by atoms with Gasteiger partial charge in [-0.25, -0.2) is 4.98 Å². The molecule has 10 heteroatoms. The fourth-order valence-electron chi connectivity index (χ4n) is 3.89. The lowest BCUT2D eigenvalue weighted by atomic mass is 10.2. The molecule has 0 aliphatic heterocycles. The van der Waals surface area contributed by atoms with E-state index >= 15 is 0 Å². The molecular weight excluding hydrogens is 498 g/mol. The Morgan fingerprint density at radius 3 is 2.57 bits per heavy atom. The first-order chi connectivity index (χ1) is 17.9. The van der Waals surface area contributed by atoms with E-state index in [2.05, 4.69) is 10.1 Å². The lowest BCUT2D eigenvalue weighted by Crippen LogP contribution is -2.20. The summed E-state index contributed by atoms with van der Waals surface area (Å²) in [5.41, 5.74) is 1.18. The summed E-state index contributed by atoms with van der Waals surface area (Å²) in [5, 5.41) is 5.69. The number of aromatic nitrogens is 2. The molecule has 2 aromatic heterocycles. The van der Waals surface area contributed by atoms with Crippen LogP contribution < -0.4 is 19.8 Å². The number of furan rings is 1. The molecule has 0 bridgehead atoms. The van der Waals surface area contributed by atoms with E-state index in [0.29, 0.717) is 33.6 Å². The number of esters is 1. The van der Waals surface area contributed by atoms with Crippen LogP contribution in [0, 0.1) is 0 Å². The average Bonchev–Trinajstić information content (AvgIpc) is 3.33. The quantitative estimate of drug-likeness (QED) is 0.171. The third kappa shape index (κ3) is 4.52. The molecule has 0 unspecified atom stereocenters. The highest BCUT2D eigenvalue weighted by Crippen LogP contribution is 2.36. The zero-order chi connectivity index (χ0) is 26.1. The largest absolute Gasteiger partial charge is 0.496 e. The van der Waals surface area contributed by atoms with E-state index in [9.17, 15) is 9.59 Å². The second-order valence-electron chi connectivity index (χ2n) is 7.92. The molecule has 37 heavy (non-hydrogen) atoms. The minimum Gasteiger partial charge on any atom is -0.496 e. The second-order valence-corrected chi connectivity index (χ2v) is 8.33. The summed E-state index contributed by atoms with van der Waals surface area (Å²) in [6.45, 7) is 1.26. The fourth-order valence-corrected chi connectivity index (χ4v) is 4.15. The third-order valence-corrected chi connectivity index (χ3v) is 5.82. The number of para-hydroxylation sites is 1. The maximum Gasteiger partial charge on any atom is 0.308 e. The number of methoxy groups -OCH3 is 2. The van der Waals surface area contributed by atoms with Crippen LogP contribution in [0.2, 0.25) is 5.02 Å². The van der Waals surface area contributed by atoms with Gasteiger partial charge in [-0.2, -0.15) is 9.78 Å². The summed E-state index contributed by atoms with van der Waals surface area (Å²) in [7, 11) is 2.99. The second kappa shape index (κ2) is 9.79. The van der Waals surface area contributed by atoms with E-state index in [4.69, 9.17) is 30.2 Å². The molecule has 9 nitrogen and oxygen atoms in total. The van der Waals surface area contributed by atoms with Gasteiger partial charge >= 0.3 is 5.97 Å². The molecule has 0 fully saturated rings. The number of carbonyl (C=O) groups excluding carboxylic acids is 1. The van der Waals surface area contributed by atoms with Crippen molar-refractivity contribution in [1.82, 2.24) is 9.66 Å². The Hall–Kier alpha value is -4.63. The first-order valence-electron chi connectivity index (χ1n) is 11.1. The maximum absolute atomic E-state index is 13.5. The van der Waals surface area contributed by atoms with E-state index in [1.807, 2.05) is 12.1 Å². The van der Waals surface area contributed by atoms with Gasteiger partial charge in [0.1, 0.15) is 11.3 Å². The van der Waals surface area contributed by atoms with Crippen LogP contribution in [0.15, 0.2) is 75.0 Å². The first-order valence-corrected chi connectivity index (χ1v) is 11.5. The van der Waals surface area contributed by atoms with Crippen molar-refractivity contribution in [3.05, 3.63) is 81.6 Å². The first kappa shape index (κ1) is 24.1. The van der Waals surface area contributed by atoms with Crippen molar-refractivity contribution >= 4 is 45.7 Å². The highest BCUT2D eigenvalue weighted by molar-refractivity contribution is 6.32. The van der Waals surface area contributed by atoms with Crippen molar-refractivity contribution in [3.8, 4) is 28.8 Å². The molecule has 0 radical (unpaired) electrons. The van der Waals surface area contributed by atoms with Crippen LogP contribution in [0.1, 0.15) is 12.5 Å². The van der Waals surface area contributed by atoms with Gasteiger partial charge in [-0.1, -0.05) is 29.8 Å². The molecule has 0 spiro atoms. The zero-order valence-electron chi connectivity index (χ0n) is 20.0. The predicted octanol–water partition coefficient (Wildman–Crippen LogP) is 5.29. The van der Waals surface area contributed by atoms with E-state index in [0.717, 1.165) is 10.1 Å². The van der Waals surface area contributed by atoms with Gasteiger partial charge < -0.3 is 18.6 Å². The number of nitrogens with zero attached hydrogens (tertiary/aromatic N) is 3. The highest BCUT2D eigenvalue weighted by Gasteiger charge is 2.18. The third-order valence-electron chi connectivity index (χ3n) is 5.54. The van der Waals surface area contributed by atoms with Crippen molar-refractivity contribution in [2.24, 2.45) is 5.10 Å². The predicted molar refractivity (Wildman–Crippen MR) is 140 cm³/mol. The monoisotopic (exact) mass is 517 g/mol. The lowest BCUT2D eigenvalue weighted by molar-refractivity contribution is -0.132. The van der Waals surface area contributed by atoms with Crippen LogP contribution in [0.5, 0.6) is 17.2 Å². The standard InChI is InChI=1S/C27H20ClN3O6/c1-15(32)36-25-19(28)11-16(12-23(25)35-3)14-29-31-26(30-20-8-5-4-7-17(20)27(31)33)24-13-18-21(34-2)9-6-10-22(18)37-24/h4-14H,1-3H3. The van der Waals surface area contributed by atoms with Crippen molar-refractivity contribution in [2.45, 2.75) is 6.92 Å². The van der Waals surface area contributed by atoms with Gasteiger partial charge in [0, 0.05) is 6.92 Å².